The Hall–Kier alpha value is -3.86. The normalized spacial score (nSPS) is 16.5. The van der Waals surface area contributed by atoms with Gasteiger partial charge in [0, 0.05) is 26.8 Å². The van der Waals surface area contributed by atoms with E-state index in [0.717, 1.165) is 52.8 Å². The summed E-state index contributed by atoms with van der Waals surface area (Å²) in [5.74, 6) is -5.28. The zero-order valence-electron chi connectivity index (χ0n) is 28.3. The number of benzene rings is 3. The fourth-order valence-electron chi connectivity index (χ4n) is 6.58. The number of carbonyl (C=O) groups excluding carboxylic acids is 1. The molecule has 1 aliphatic carbocycles. The Labute approximate surface area is 279 Å². The molecule has 11 heteroatoms. The van der Waals surface area contributed by atoms with Crippen LogP contribution in [-0.4, -0.2) is 74.1 Å². The zero-order chi connectivity index (χ0) is 35.3. The van der Waals surface area contributed by atoms with Crippen LogP contribution in [0.1, 0.15) is 69.9 Å². The highest BCUT2D eigenvalue weighted by molar-refractivity contribution is 6.01. The van der Waals surface area contributed by atoms with E-state index in [0.29, 0.717) is 12.3 Å². The molecule has 2 N–H and O–H groups in total. The number of aryl methyl sites for hydroxylation is 1. The molecule has 1 aliphatic heterocycles. The van der Waals surface area contributed by atoms with Gasteiger partial charge in [0.05, 0.1) is 26.3 Å². The molecule has 1 heterocycles. The van der Waals surface area contributed by atoms with Crippen molar-refractivity contribution in [2.24, 2.45) is 5.41 Å². The zero-order valence-corrected chi connectivity index (χ0v) is 28.3. The molecule has 2 fully saturated rings. The van der Waals surface area contributed by atoms with Crippen LogP contribution in [0.5, 0.6) is 11.5 Å². The molecule has 3 aromatic rings. The first kappa shape index (κ1) is 37.0. The number of aliphatic carboxylic acids is 1. The van der Waals surface area contributed by atoms with Crippen LogP contribution in [0.2, 0.25) is 0 Å². The van der Waals surface area contributed by atoms with E-state index < -0.39 is 35.7 Å². The highest BCUT2D eigenvalue weighted by atomic mass is 19.3. The number of carboxylic acids is 1. The second kappa shape index (κ2) is 15.1. The van der Waals surface area contributed by atoms with E-state index in [-0.39, 0.29) is 38.9 Å². The number of amides is 1. The molecule has 7 nitrogen and oxygen atoms in total. The Balaban J connectivity index is 0.000000231. The molecule has 0 atom stereocenters. The number of carboxylic acid groups (broad SMARTS) is 1. The van der Waals surface area contributed by atoms with Crippen molar-refractivity contribution in [3.8, 4) is 22.6 Å². The highest BCUT2D eigenvalue weighted by Crippen LogP contribution is 2.49. The van der Waals surface area contributed by atoms with Crippen molar-refractivity contribution in [1.82, 2.24) is 10.2 Å². The summed E-state index contributed by atoms with van der Waals surface area (Å²) in [6.45, 7) is 3.14. The maximum atomic E-state index is 13.9. The lowest BCUT2D eigenvalue weighted by Crippen LogP contribution is -2.57. The van der Waals surface area contributed by atoms with Crippen molar-refractivity contribution in [2.45, 2.75) is 77.1 Å². The van der Waals surface area contributed by atoms with Gasteiger partial charge in [-0.1, -0.05) is 36.4 Å². The van der Waals surface area contributed by atoms with Crippen LogP contribution in [-0.2, 0) is 16.0 Å². The number of rotatable bonds is 12. The van der Waals surface area contributed by atoms with Gasteiger partial charge in [0.25, 0.3) is 11.8 Å². The minimum atomic E-state index is -3.17. The van der Waals surface area contributed by atoms with Crippen LogP contribution in [0.25, 0.3) is 21.9 Å². The van der Waals surface area contributed by atoms with Crippen molar-refractivity contribution >= 4 is 22.6 Å². The third kappa shape index (κ3) is 8.59. The van der Waals surface area contributed by atoms with Gasteiger partial charge in [-0.15, -0.1) is 0 Å². The lowest BCUT2D eigenvalue weighted by molar-refractivity contribution is -0.168. The number of hydrogen-bond acceptors (Lipinski definition) is 5. The molecule has 1 amide bonds. The lowest BCUT2D eigenvalue weighted by Gasteiger charge is -2.44. The monoisotopic (exact) mass is 674 g/mol. The van der Waals surface area contributed by atoms with Gasteiger partial charge in [0.15, 0.2) is 0 Å². The molecule has 3 aromatic carbocycles. The van der Waals surface area contributed by atoms with Crippen molar-refractivity contribution in [3.05, 3.63) is 59.7 Å². The van der Waals surface area contributed by atoms with E-state index in [4.69, 9.17) is 14.6 Å². The number of methoxy groups -OCH3 is 2. The van der Waals surface area contributed by atoms with E-state index >= 15 is 0 Å². The third-order valence-electron chi connectivity index (χ3n) is 9.29. The maximum absolute atomic E-state index is 13.9. The van der Waals surface area contributed by atoms with Crippen molar-refractivity contribution in [3.63, 3.8) is 0 Å². The summed E-state index contributed by atoms with van der Waals surface area (Å²) in [6, 6.07) is 16.4. The Kier molecular flexibility index (Phi) is 11.7. The smallest absolute Gasteiger partial charge is 0.303 e. The average Bonchev–Trinajstić information content (AvgIpc) is 3.88. The van der Waals surface area contributed by atoms with Crippen LogP contribution >= 0.6 is 0 Å². The predicted octanol–water partition coefficient (Wildman–Crippen LogP) is 7.93. The maximum Gasteiger partial charge on any atom is 0.303 e. The quantitative estimate of drug-likeness (QED) is 0.190. The summed E-state index contributed by atoms with van der Waals surface area (Å²) in [5.41, 5.74) is 2.48. The highest BCUT2D eigenvalue weighted by Gasteiger charge is 2.56. The minimum Gasteiger partial charge on any atom is -0.496 e. The van der Waals surface area contributed by atoms with Crippen LogP contribution in [0, 0.1) is 5.41 Å². The number of fused-ring (bicyclic) bond motifs is 1. The number of nitrogens with one attached hydrogen (secondary N) is 1. The second-order valence-corrected chi connectivity index (χ2v) is 13.0. The summed E-state index contributed by atoms with van der Waals surface area (Å²) >= 11 is 0. The number of likely N-dealkylation sites (tertiary alicyclic amines) is 1. The molecule has 0 spiro atoms. The molecule has 0 unspecified atom stereocenters. The van der Waals surface area contributed by atoms with Crippen molar-refractivity contribution < 1.29 is 41.7 Å². The van der Waals surface area contributed by atoms with Crippen LogP contribution < -0.4 is 14.8 Å². The number of ether oxygens (including phenoxy) is 2. The molecule has 1 saturated heterocycles. The molecular formula is C37H46F4N2O5. The number of hydrogen-bond donors (Lipinski definition) is 2. The number of nitrogens with zero attached hydrogens (tertiary/aromatic N) is 1. The number of alkyl halides is 4. The van der Waals surface area contributed by atoms with Crippen molar-refractivity contribution in [1.29, 1.82) is 0 Å². The Morgan fingerprint density at radius 3 is 2.04 bits per heavy atom. The fraction of sp³-hybridized carbons (Fsp3) is 0.514. The van der Waals surface area contributed by atoms with Crippen LogP contribution in [0.3, 0.4) is 0 Å². The lowest BCUT2D eigenvalue weighted by atomic mass is 9.72. The van der Waals surface area contributed by atoms with Gasteiger partial charge in [-0.3, -0.25) is 14.5 Å². The molecule has 0 aromatic heterocycles. The Bertz CT molecular complexity index is 1560. The minimum absolute atomic E-state index is 0.0734. The van der Waals surface area contributed by atoms with Gasteiger partial charge in [0.2, 0.25) is 5.91 Å². The first-order valence-corrected chi connectivity index (χ1v) is 16.4. The summed E-state index contributed by atoms with van der Waals surface area (Å²) in [4.78, 5) is 24.5. The van der Waals surface area contributed by atoms with Gasteiger partial charge < -0.3 is 19.9 Å². The van der Waals surface area contributed by atoms with E-state index in [9.17, 15) is 27.2 Å². The largest absolute Gasteiger partial charge is 0.496 e. The molecular weight excluding hydrogens is 628 g/mol. The van der Waals surface area contributed by atoms with Gasteiger partial charge in [-0.05, 0) is 97.6 Å². The molecule has 5 rings (SSSR count). The molecule has 1 saturated carbocycles. The van der Waals surface area contributed by atoms with Crippen LogP contribution in [0.15, 0.2) is 48.5 Å². The second-order valence-electron chi connectivity index (χ2n) is 13.0. The third-order valence-corrected chi connectivity index (χ3v) is 9.29. The van der Waals surface area contributed by atoms with Gasteiger partial charge in [0.1, 0.15) is 16.9 Å². The number of piperidine rings is 1. The van der Waals surface area contributed by atoms with E-state index in [1.807, 2.05) is 24.3 Å². The Morgan fingerprint density at radius 1 is 0.958 bits per heavy atom. The Morgan fingerprint density at radius 2 is 1.54 bits per heavy atom. The van der Waals surface area contributed by atoms with Crippen molar-refractivity contribution in [2.75, 3.05) is 40.4 Å². The first-order chi connectivity index (χ1) is 22.6. The molecule has 0 bridgehead atoms. The molecule has 0 radical (unpaired) electrons. The summed E-state index contributed by atoms with van der Waals surface area (Å²) in [5, 5.41) is 13.6. The summed E-state index contributed by atoms with van der Waals surface area (Å²) in [7, 11) is 3.39. The average molecular weight is 675 g/mol. The number of carbonyl (C=O) groups is 2. The first-order valence-electron chi connectivity index (χ1n) is 16.4. The van der Waals surface area contributed by atoms with E-state index in [1.54, 1.807) is 21.1 Å². The number of halogens is 4. The fourth-order valence-corrected chi connectivity index (χ4v) is 6.58. The molecule has 48 heavy (non-hydrogen) atoms. The van der Waals surface area contributed by atoms with E-state index in [2.05, 4.69) is 29.6 Å². The summed E-state index contributed by atoms with van der Waals surface area (Å²) in [6.07, 6.45) is 2.83. The molecule has 262 valence electrons. The topological polar surface area (TPSA) is 88.1 Å². The molecule has 2 aliphatic rings. The van der Waals surface area contributed by atoms with Gasteiger partial charge in [-0.25, -0.2) is 17.6 Å². The van der Waals surface area contributed by atoms with Crippen LogP contribution in [0.4, 0.5) is 17.6 Å². The summed E-state index contributed by atoms with van der Waals surface area (Å²) < 4.78 is 65.2. The predicted molar refractivity (Wildman–Crippen MR) is 178 cm³/mol. The standard InChI is InChI=1S/C24H24O4.C13H22F4N2O/c1-27-21-13-17(15-9-10-15)14-22(28-2)24(21)20-8-4-6-18-16(11-12-23(25)26)5-3-7-19(18)20;1-4-18-10(20)13(12(3,16)17)5-7-19(8-6-13)9-11(2,14)15/h3-8,13-15H,9-12H2,1-2H3,(H,25,26);4-9H2,1-3H3,(H,18,20). The van der Waals surface area contributed by atoms with Gasteiger partial charge >= 0.3 is 5.97 Å². The van der Waals surface area contributed by atoms with Gasteiger partial charge in [-0.2, -0.15) is 0 Å². The van der Waals surface area contributed by atoms with E-state index in [1.165, 1.54) is 23.3 Å². The SMILES string of the molecule is CCNC(=O)C1(C(C)(F)F)CCN(CC(C)(F)F)CC1.COc1cc(C2CC2)cc(OC)c1-c1cccc2c(CCC(=O)O)cccc12.